The van der Waals surface area contributed by atoms with Crippen LogP contribution in [-0.2, 0) is 3.83 Å². The summed E-state index contributed by atoms with van der Waals surface area (Å²) in [6.07, 6.45) is 0.712. The minimum absolute atomic E-state index is 0.400. The van der Waals surface area contributed by atoms with E-state index in [0.717, 1.165) is 0 Å². The van der Waals surface area contributed by atoms with Gasteiger partial charge < -0.3 is 3.83 Å². The quantitative estimate of drug-likeness (QED) is 0.728. The molecule has 1 aromatic carbocycles. The molecule has 0 radical (unpaired) electrons. The fourth-order valence-corrected chi connectivity index (χ4v) is 0.929. The molecule has 0 N–H and O–H groups in total. The van der Waals surface area contributed by atoms with Crippen molar-refractivity contribution >= 4 is 28.5 Å². The van der Waals surface area contributed by atoms with Crippen molar-refractivity contribution in [2.75, 3.05) is 0 Å². The molecule has 62 valence electrons. The van der Waals surface area contributed by atoms with Gasteiger partial charge in [-0.15, -0.1) is 0 Å². The maximum absolute atomic E-state index is 10.9. The Morgan fingerprint density at radius 1 is 1.33 bits per heavy atom. The molecule has 0 spiro atoms. The van der Waals surface area contributed by atoms with Gasteiger partial charge in [0.1, 0.15) is 6.29 Å². The van der Waals surface area contributed by atoms with Gasteiger partial charge in [0.15, 0.2) is 16.3 Å². The molecule has 0 heterocycles. The van der Waals surface area contributed by atoms with Crippen molar-refractivity contribution in [3.05, 3.63) is 35.4 Å². The molecular formula is C8H5BrO3. The predicted octanol–water partition coefficient (Wildman–Crippen LogP) is 1.97. The van der Waals surface area contributed by atoms with Crippen molar-refractivity contribution < 1.29 is 13.4 Å². The molecule has 1 rings (SSSR count). The molecule has 0 fully saturated rings. The van der Waals surface area contributed by atoms with Gasteiger partial charge in [0.2, 0.25) is 0 Å². The number of carbonyl (C=O) groups excluding carboxylic acids is 2. The molecule has 0 amide bonds. The molecule has 0 aliphatic heterocycles. The summed E-state index contributed by atoms with van der Waals surface area (Å²) < 4.78 is 4.29. The number of aldehydes is 1. The molecule has 0 aliphatic carbocycles. The van der Waals surface area contributed by atoms with Crippen LogP contribution in [0.2, 0.25) is 0 Å². The van der Waals surface area contributed by atoms with Crippen LogP contribution in [0, 0.1) is 0 Å². The van der Waals surface area contributed by atoms with Crippen LogP contribution in [0.3, 0.4) is 0 Å². The highest BCUT2D eigenvalue weighted by Crippen LogP contribution is 2.05. The van der Waals surface area contributed by atoms with Gasteiger partial charge in [0.05, 0.1) is 5.56 Å². The van der Waals surface area contributed by atoms with Gasteiger partial charge in [-0.2, -0.15) is 0 Å². The first-order valence-corrected chi connectivity index (χ1v) is 3.81. The van der Waals surface area contributed by atoms with Crippen molar-refractivity contribution in [1.82, 2.24) is 0 Å². The normalized spacial score (nSPS) is 9.08. The van der Waals surface area contributed by atoms with E-state index in [1.54, 1.807) is 12.1 Å². The van der Waals surface area contributed by atoms with Gasteiger partial charge in [-0.3, -0.25) is 4.79 Å². The molecule has 4 heteroatoms. The Morgan fingerprint density at radius 2 is 1.92 bits per heavy atom. The topological polar surface area (TPSA) is 43.4 Å². The number of hydrogen-bond acceptors (Lipinski definition) is 3. The zero-order valence-corrected chi connectivity index (χ0v) is 7.58. The minimum atomic E-state index is -0.479. The zero-order chi connectivity index (χ0) is 8.97. The Bertz CT molecular complexity index is 292. The van der Waals surface area contributed by atoms with Gasteiger partial charge >= 0.3 is 5.97 Å². The van der Waals surface area contributed by atoms with Crippen LogP contribution in [0.4, 0.5) is 0 Å². The average molecular weight is 229 g/mol. The smallest absolute Gasteiger partial charge is 0.349 e. The van der Waals surface area contributed by atoms with Gasteiger partial charge in [0, 0.05) is 5.56 Å². The van der Waals surface area contributed by atoms with Crippen molar-refractivity contribution in [2.24, 2.45) is 0 Å². The van der Waals surface area contributed by atoms with Crippen LogP contribution >= 0.6 is 16.3 Å². The third-order valence-corrected chi connectivity index (χ3v) is 1.65. The summed E-state index contributed by atoms with van der Waals surface area (Å²) >= 11 is 2.57. The first-order chi connectivity index (χ1) is 5.77. The van der Waals surface area contributed by atoms with E-state index in [9.17, 15) is 9.59 Å². The summed E-state index contributed by atoms with van der Waals surface area (Å²) in [5.74, 6) is -0.479. The predicted molar refractivity (Wildman–Crippen MR) is 46.2 cm³/mol. The van der Waals surface area contributed by atoms with Crippen LogP contribution in [0.1, 0.15) is 20.7 Å². The molecule has 0 saturated heterocycles. The molecule has 3 nitrogen and oxygen atoms in total. The van der Waals surface area contributed by atoms with Crippen LogP contribution in [0.15, 0.2) is 24.3 Å². The minimum Gasteiger partial charge on any atom is -0.380 e. The van der Waals surface area contributed by atoms with Gasteiger partial charge in [0.25, 0.3) is 0 Å². The van der Waals surface area contributed by atoms with Crippen molar-refractivity contribution in [2.45, 2.75) is 0 Å². The summed E-state index contributed by atoms with van der Waals surface area (Å²) in [5.41, 5.74) is 0.929. The van der Waals surface area contributed by atoms with Crippen LogP contribution in [0.25, 0.3) is 0 Å². The summed E-state index contributed by atoms with van der Waals surface area (Å²) in [6, 6.07) is 6.14. The van der Waals surface area contributed by atoms with Crippen molar-refractivity contribution in [3.8, 4) is 0 Å². The Morgan fingerprint density at radius 3 is 2.33 bits per heavy atom. The summed E-state index contributed by atoms with van der Waals surface area (Å²) in [4.78, 5) is 21.1. The van der Waals surface area contributed by atoms with E-state index in [1.807, 2.05) is 0 Å². The Labute approximate surface area is 77.8 Å². The number of rotatable bonds is 2. The molecule has 1 aromatic rings. The number of hydrogen-bond donors (Lipinski definition) is 0. The first kappa shape index (κ1) is 8.93. The lowest BCUT2D eigenvalue weighted by Crippen LogP contribution is -1.97. The summed E-state index contributed by atoms with van der Waals surface area (Å²) in [7, 11) is 0. The van der Waals surface area contributed by atoms with Crippen LogP contribution in [-0.4, -0.2) is 12.3 Å². The maximum Gasteiger partial charge on any atom is 0.349 e. The lowest BCUT2D eigenvalue weighted by molar-refractivity contribution is 0.0781. The summed E-state index contributed by atoms with van der Waals surface area (Å²) in [6.45, 7) is 0. The van der Waals surface area contributed by atoms with E-state index in [2.05, 4.69) is 20.1 Å². The largest absolute Gasteiger partial charge is 0.380 e. The lowest BCUT2D eigenvalue weighted by atomic mass is 10.1. The highest BCUT2D eigenvalue weighted by molar-refractivity contribution is 9.06. The highest BCUT2D eigenvalue weighted by Gasteiger charge is 2.04. The molecule has 12 heavy (non-hydrogen) atoms. The molecule has 0 unspecified atom stereocenters. The van der Waals surface area contributed by atoms with E-state index in [1.165, 1.54) is 12.1 Å². The Kier molecular flexibility index (Phi) is 2.99. The molecule has 0 saturated carbocycles. The fourth-order valence-electron chi connectivity index (χ4n) is 0.742. The maximum atomic E-state index is 10.9. The lowest BCUT2D eigenvalue weighted by Gasteiger charge is -1.95. The molecular weight excluding hydrogens is 224 g/mol. The van der Waals surface area contributed by atoms with Crippen molar-refractivity contribution in [3.63, 3.8) is 0 Å². The third-order valence-electron chi connectivity index (χ3n) is 1.35. The summed E-state index contributed by atoms with van der Waals surface area (Å²) in [5, 5.41) is 0. The van der Waals surface area contributed by atoms with E-state index in [-0.39, 0.29) is 0 Å². The van der Waals surface area contributed by atoms with Gasteiger partial charge in [-0.1, -0.05) is 12.1 Å². The standard InChI is InChI=1S/C8H5BrO3/c9-12-8(11)7-3-1-6(5-10)2-4-7/h1-5H. The second kappa shape index (κ2) is 4.01. The number of carbonyl (C=O) groups is 2. The highest BCUT2D eigenvalue weighted by atomic mass is 79.9. The molecule has 0 bridgehead atoms. The van der Waals surface area contributed by atoms with E-state index < -0.39 is 5.97 Å². The van der Waals surface area contributed by atoms with Crippen LogP contribution in [0.5, 0.6) is 0 Å². The van der Waals surface area contributed by atoms with Crippen molar-refractivity contribution in [1.29, 1.82) is 0 Å². The monoisotopic (exact) mass is 228 g/mol. The molecule has 0 aromatic heterocycles. The van der Waals surface area contributed by atoms with E-state index >= 15 is 0 Å². The third kappa shape index (κ3) is 1.92. The fraction of sp³-hybridized carbons (Fsp3) is 0. The first-order valence-electron chi connectivity index (χ1n) is 3.16. The number of benzene rings is 1. The zero-order valence-electron chi connectivity index (χ0n) is 5.99. The molecule has 0 aliphatic rings. The van der Waals surface area contributed by atoms with Gasteiger partial charge in [-0.25, -0.2) is 4.79 Å². The van der Waals surface area contributed by atoms with Crippen LogP contribution < -0.4 is 0 Å². The Balaban J connectivity index is 2.91. The molecule has 0 atom stereocenters. The SMILES string of the molecule is O=Cc1ccc(C(=O)OBr)cc1. The van der Waals surface area contributed by atoms with Gasteiger partial charge in [-0.05, 0) is 12.1 Å². The second-order valence-corrected chi connectivity index (χ2v) is 2.43. The van der Waals surface area contributed by atoms with E-state index in [0.29, 0.717) is 17.4 Å². The second-order valence-electron chi connectivity index (χ2n) is 2.10. The average Bonchev–Trinajstić information content (AvgIpc) is 2.17. The number of halogens is 1. The Hall–Kier alpha value is -1.16. The van der Waals surface area contributed by atoms with E-state index in [4.69, 9.17) is 0 Å².